The molecule has 80 valence electrons. The van der Waals surface area contributed by atoms with Gasteiger partial charge in [0.1, 0.15) is 0 Å². The van der Waals surface area contributed by atoms with Crippen molar-refractivity contribution >= 4 is 11.9 Å². The van der Waals surface area contributed by atoms with Crippen LogP contribution in [0.4, 0.5) is 0 Å². The van der Waals surface area contributed by atoms with Gasteiger partial charge in [0.05, 0.1) is 0 Å². The van der Waals surface area contributed by atoms with Crippen LogP contribution in [0.25, 0.3) is 0 Å². The van der Waals surface area contributed by atoms with Crippen molar-refractivity contribution < 1.29 is 19.8 Å². The molecule has 0 saturated carbocycles. The summed E-state index contributed by atoms with van der Waals surface area (Å²) in [7, 11) is 0. The van der Waals surface area contributed by atoms with E-state index in [9.17, 15) is 9.59 Å². The summed E-state index contributed by atoms with van der Waals surface area (Å²) in [4.78, 5) is 21.0. The monoisotopic (exact) mass is 200 g/mol. The lowest BCUT2D eigenvalue weighted by molar-refractivity contribution is -0.141. The quantitative estimate of drug-likeness (QED) is 0.614. The summed E-state index contributed by atoms with van der Waals surface area (Å²) in [6, 6.07) is 0. The van der Waals surface area contributed by atoms with Gasteiger partial charge in [-0.25, -0.2) is 0 Å². The molecule has 0 fully saturated rings. The molecule has 0 bridgehead atoms. The first-order valence-electron chi connectivity index (χ1n) is 4.57. The molecule has 0 aliphatic carbocycles. The molecule has 0 rings (SSSR count). The second-order valence-corrected chi connectivity index (χ2v) is 3.26. The molecule has 0 spiro atoms. The summed E-state index contributed by atoms with van der Waals surface area (Å²) in [5, 5.41) is 17.2. The highest BCUT2D eigenvalue weighted by molar-refractivity contribution is 5.70. The first-order valence-corrected chi connectivity index (χ1v) is 4.57. The molecule has 0 amide bonds. The standard InChI is InChI=1S/C10H16O4/c1-3-7(4-2)8(5-9(11)12)6-10(13)14/h3,7-8H,1,4-6H2,2H3,(H,11,12)(H,13,14). The Kier molecular flexibility index (Phi) is 5.60. The average molecular weight is 200 g/mol. The Balaban J connectivity index is 4.42. The largest absolute Gasteiger partial charge is 0.481 e. The summed E-state index contributed by atoms with van der Waals surface area (Å²) < 4.78 is 0. The van der Waals surface area contributed by atoms with Gasteiger partial charge >= 0.3 is 11.9 Å². The Labute approximate surface area is 83.2 Å². The van der Waals surface area contributed by atoms with E-state index < -0.39 is 11.9 Å². The molecule has 2 N–H and O–H groups in total. The lowest BCUT2D eigenvalue weighted by atomic mass is 9.85. The second kappa shape index (κ2) is 6.18. The Hall–Kier alpha value is -1.32. The van der Waals surface area contributed by atoms with E-state index in [-0.39, 0.29) is 24.7 Å². The SMILES string of the molecule is C=CC(CC)C(CC(=O)O)CC(=O)O. The third kappa shape index (κ3) is 4.64. The van der Waals surface area contributed by atoms with Gasteiger partial charge in [-0.05, 0) is 18.3 Å². The van der Waals surface area contributed by atoms with Crippen LogP contribution in [0.3, 0.4) is 0 Å². The summed E-state index contributed by atoms with van der Waals surface area (Å²) in [5.41, 5.74) is 0. The molecule has 1 atom stereocenters. The van der Waals surface area contributed by atoms with E-state index in [1.165, 1.54) is 0 Å². The zero-order chi connectivity index (χ0) is 11.1. The van der Waals surface area contributed by atoms with Gasteiger partial charge in [-0.3, -0.25) is 9.59 Å². The summed E-state index contributed by atoms with van der Waals surface area (Å²) in [6.07, 6.45) is 2.12. The van der Waals surface area contributed by atoms with E-state index >= 15 is 0 Å². The summed E-state index contributed by atoms with van der Waals surface area (Å²) in [6.45, 7) is 5.47. The second-order valence-electron chi connectivity index (χ2n) is 3.26. The van der Waals surface area contributed by atoms with Crippen LogP contribution in [0.15, 0.2) is 12.7 Å². The Morgan fingerprint density at radius 1 is 1.29 bits per heavy atom. The number of aliphatic carboxylic acids is 2. The molecule has 0 aliphatic rings. The molecule has 0 aromatic rings. The van der Waals surface area contributed by atoms with Crippen molar-refractivity contribution in [2.24, 2.45) is 11.8 Å². The van der Waals surface area contributed by atoms with Crippen LogP contribution >= 0.6 is 0 Å². The fourth-order valence-corrected chi connectivity index (χ4v) is 1.52. The topological polar surface area (TPSA) is 74.6 Å². The van der Waals surface area contributed by atoms with Crippen molar-refractivity contribution in [1.82, 2.24) is 0 Å². The molecule has 0 saturated heterocycles. The minimum Gasteiger partial charge on any atom is -0.481 e. The van der Waals surface area contributed by atoms with Gasteiger partial charge in [-0.15, -0.1) is 6.58 Å². The van der Waals surface area contributed by atoms with E-state index in [2.05, 4.69) is 6.58 Å². The van der Waals surface area contributed by atoms with Gasteiger partial charge in [-0.2, -0.15) is 0 Å². The maximum atomic E-state index is 10.5. The number of allylic oxidation sites excluding steroid dienone is 1. The number of rotatable bonds is 7. The molecule has 0 aliphatic heterocycles. The number of hydrogen-bond donors (Lipinski definition) is 2. The van der Waals surface area contributed by atoms with Crippen LogP contribution in [0.1, 0.15) is 26.2 Å². The highest BCUT2D eigenvalue weighted by Crippen LogP contribution is 2.23. The van der Waals surface area contributed by atoms with Crippen LogP contribution in [0.5, 0.6) is 0 Å². The van der Waals surface area contributed by atoms with Crippen molar-refractivity contribution in [2.45, 2.75) is 26.2 Å². The molecule has 0 heterocycles. The van der Waals surface area contributed by atoms with Crippen LogP contribution in [0, 0.1) is 11.8 Å². The Morgan fingerprint density at radius 2 is 1.71 bits per heavy atom. The number of hydrogen-bond acceptors (Lipinski definition) is 2. The number of carboxylic acid groups (broad SMARTS) is 2. The molecule has 0 aromatic carbocycles. The van der Waals surface area contributed by atoms with E-state index in [1.54, 1.807) is 6.08 Å². The fourth-order valence-electron chi connectivity index (χ4n) is 1.52. The molecule has 1 unspecified atom stereocenters. The minimum absolute atomic E-state index is 0.0396. The van der Waals surface area contributed by atoms with Gasteiger partial charge < -0.3 is 10.2 Å². The van der Waals surface area contributed by atoms with Crippen LogP contribution in [0.2, 0.25) is 0 Å². The third-order valence-electron chi connectivity index (χ3n) is 2.25. The van der Waals surface area contributed by atoms with E-state index in [1.807, 2.05) is 6.92 Å². The zero-order valence-corrected chi connectivity index (χ0v) is 8.27. The maximum Gasteiger partial charge on any atom is 0.303 e. The summed E-state index contributed by atoms with van der Waals surface area (Å²) >= 11 is 0. The van der Waals surface area contributed by atoms with Crippen molar-refractivity contribution in [3.05, 3.63) is 12.7 Å². The smallest absolute Gasteiger partial charge is 0.303 e. The lowest BCUT2D eigenvalue weighted by Gasteiger charge is -2.19. The lowest BCUT2D eigenvalue weighted by Crippen LogP contribution is -2.19. The van der Waals surface area contributed by atoms with Gasteiger partial charge in [0.25, 0.3) is 0 Å². The Morgan fingerprint density at radius 3 is 1.93 bits per heavy atom. The van der Waals surface area contributed by atoms with Gasteiger partial charge in [0, 0.05) is 12.8 Å². The van der Waals surface area contributed by atoms with Crippen LogP contribution in [-0.4, -0.2) is 22.2 Å². The summed E-state index contributed by atoms with van der Waals surface area (Å²) in [5.74, 6) is -2.32. The molecular formula is C10H16O4. The fraction of sp³-hybridized carbons (Fsp3) is 0.600. The Bertz CT molecular complexity index is 206. The van der Waals surface area contributed by atoms with Crippen molar-refractivity contribution in [3.63, 3.8) is 0 Å². The maximum absolute atomic E-state index is 10.5. The van der Waals surface area contributed by atoms with Gasteiger partial charge in [0.15, 0.2) is 0 Å². The van der Waals surface area contributed by atoms with E-state index in [4.69, 9.17) is 10.2 Å². The highest BCUT2D eigenvalue weighted by atomic mass is 16.4. The molecule has 0 radical (unpaired) electrons. The number of carbonyl (C=O) groups is 2. The van der Waals surface area contributed by atoms with Crippen molar-refractivity contribution in [3.8, 4) is 0 Å². The van der Waals surface area contributed by atoms with Crippen molar-refractivity contribution in [2.75, 3.05) is 0 Å². The van der Waals surface area contributed by atoms with Crippen LogP contribution in [-0.2, 0) is 9.59 Å². The first-order chi connectivity index (χ1) is 6.51. The van der Waals surface area contributed by atoms with E-state index in [0.717, 1.165) is 0 Å². The van der Waals surface area contributed by atoms with E-state index in [0.29, 0.717) is 6.42 Å². The third-order valence-corrected chi connectivity index (χ3v) is 2.25. The minimum atomic E-state index is -0.962. The zero-order valence-electron chi connectivity index (χ0n) is 8.27. The first kappa shape index (κ1) is 12.7. The molecule has 4 heteroatoms. The molecule has 0 aromatic heterocycles. The normalized spacial score (nSPS) is 12.4. The molecular weight excluding hydrogens is 184 g/mol. The molecule has 4 nitrogen and oxygen atoms in total. The molecule has 14 heavy (non-hydrogen) atoms. The van der Waals surface area contributed by atoms with Gasteiger partial charge in [0.2, 0.25) is 0 Å². The predicted molar refractivity (Wildman–Crippen MR) is 52.0 cm³/mol. The average Bonchev–Trinajstić information content (AvgIpc) is 2.03. The van der Waals surface area contributed by atoms with Crippen molar-refractivity contribution in [1.29, 1.82) is 0 Å². The van der Waals surface area contributed by atoms with Crippen LogP contribution < -0.4 is 0 Å². The van der Waals surface area contributed by atoms with Gasteiger partial charge in [-0.1, -0.05) is 13.0 Å². The number of carboxylic acids is 2. The highest BCUT2D eigenvalue weighted by Gasteiger charge is 2.22. The predicted octanol–water partition coefficient (Wildman–Crippen LogP) is 1.76.